The van der Waals surface area contributed by atoms with E-state index in [2.05, 4.69) is 5.32 Å². The summed E-state index contributed by atoms with van der Waals surface area (Å²) in [6.45, 7) is 1.02. The lowest BCUT2D eigenvalue weighted by atomic mass is 10.0. The molecule has 1 atom stereocenters. The molecule has 190 valence electrons. The lowest BCUT2D eigenvalue weighted by molar-refractivity contribution is -0.122. The zero-order chi connectivity index (χ0) is 25.9. The predicted octanol–water partition coefficient (Wildman–Crippen LogP) is 3.79. The van der Waals surface area contributed by atoms with Crippen LogP contribution in [0.15, 0.2) is 66.7 Å². The summed E-state index contributed by atoms with van der Waals surface area (Å²) in [7, 11) is 3.16. The number of nitrogens with one attached hydrogen (secondary N) is 1. The van der Waals surface area contributed by atoms with Gasteiger partial charge in [-0.1, -0.05) is 30.3 Å². The van der Waals surface area contributed by atoms with Crippen LogP contribution in [0, 0.1) is 0 Å². The molecule has 0 spiro atoms. The second kappa shape index (κ2) is 10.3. The number of hydrogen-bond acceptors (Lipinski definition) is 5. The monoisotopic (exact) mass is 499 g/mol. The van der Waals surface area contributed by atoms with E-state index in [1.54, 1.807) is 54.4 Å². The summed E-state index contributed by atoms with van der Waals surface area (Å²) >= 11 is 0. The zero-order valence-corrected chi connectivity index (χ0v) is 20.9. The molecule has 0 radical (unpaired) electrons. The van der Waals surface area contributed by atoms with Crippen molar-refractivity contribution in [1.82, 2.24) is 10.2 Å². The Bertz CT molecular complexity index is 1350. The largest absolute Gasteiger partial charge is 0.497 e. The molecule has 2 heterocycles. The van der Waals surface area contributed by atoms with Crippen molar-refractivity contribution < 1.29 is 23.9 Å². The van der Waals surface area contributed by atoms with Gasteiger partial charge in [0, 0.05) is 30.3 Å². The molecule has 3 amide bonds. The number of benzene rings is 3. The molecule has 37 heavy (non-hydrogen) atoms. The van der Waals surface area contributed by atoms with Crippen molar-refractivity contribution >= 4 is 23.4 Å². The van der Waals surface area contributed by atoms with Crippen LogP contribution in [0.2, 0.25) is 0 Å². The van der Waals surface area contributed by atoms with Crippen molar-refractivity contribution in [1.29, 1.82) is 0 Å². The molecule has 1 saturated heterocycles. The van der Waals surface area contributed by atoms with Gasteiger partial charge in [0.15, 0.2) is 0 Å². The van der Waals surface area contributed by atoms with E-state index in [4.69, 9.17) is 9.47 Å². The molecule has 0 unspecified atom stereocenters. The molecule has 2 aliphatic heterocycles. The highest BCUT2D eigenvalue weighted by Gasteiger charge is 2.42. The number of nitrogens with zero attached hydrogens (tertiary/aromatic N) is 2. The summed E-state index contributed by atoms with van der Waals surface area (Å²) in [6, 6.07) is 19.4. The van der Waals surface area contributed by atoms with E-state index in [-0.39, 0.29) is 30.8 Å². The van der Waals surface area contributed by atoms with E-state index in [1.165, 1.54) is 0 Å². The number of rotatable bonds is 7. The Kier molecular flexibility index (Phi) is 6.81. The van der Waals surface area contributed by atoms with Crippen molar-refractivity contribution in [2.24, 2.45) is 0 Å². The van der Waals surface area contributed by atoms with Gasteiger partial charge in [-0.3, -0.25) is 14.4 Å². The van der Waals surface area contributed by atoms with Gasteiger partial charge in [-0.05, 0) is 48.7 Å². The Hall–Kier alpha value is -4.33. The Labute approximate surface area is 215 Å². The highest BCUT2D eigenvalue weighted by Crippen LogP contribution is 2.33. The van der Waals surface area contributed by atoms with Crippen LogP contribution in [-0.2, 0) is 17.9 Å². The van der Waals surface area contributed by atoms with Crippen LogP contribution in [0.1, 0.15) is 44.7 Å². The van der Waals surface area contributed by atoms with Gasteiger partial charge in [-0.25, -0.2) is 0 Å². The molecule has 5 rings (SSSR count). The molecular weight excluding hydrogens is 470 g/mol. The molecule has 0 aromatic heterocycles. The predicted molar refractivity (Wildman–Crippen MR) is 139 cm³/mol. The van der Waals surface area contributed by atoms with E-state index in [0.717, 1.165) is 12.0 Å². The first-order chi connectivity index (χ1) is 18.0. The number of hydrogen-bond donors (Lipinski definition) is 1. The third-order valence-corrected chi connectivity index (χ3v) is 7.01. The van der Waals surface area contributed by atoms with Crippen LogP contribution >= 0.6 is 0 Å². The molecule has 0 bridgehead atoms. The van der Waals surface area contributed by atoms with Gasteiger partial charge in [0.1, 0.15) is 17.5 Å². The minimum Gasteiger partial charge on any atom is -0.497 e. The number of amides is 3. The average molecular weight is 500 g/mol. The smallest absolute Gasteiger partial charge is 0.256 e. The molecule has 8 heteroatoms. The average Bonchev–Trinajstić information content (AvgIpc) is 3.41. The molecule has 1 N–H and O–H groups in total. The number of para-hydroxylation sites is 1. The zero-order valence-electron chi connectivity index (χ0n) is 20.9. The second-order valence-corrected chi connectivity index (χ2v) is 9.12. The van der Waals surface area contributed by atoms with Gasteiger partial charge < -0.3 is 24.6 Å². The highest BCUT2D eigenvalue weighted by molar-refractivity contribution is 6.11. The Morgan fingerprint density at radius 3 is 2.57 bits per heavy atom. The molecule has 3 aromatic carbocycles. The molecule has 1 fully saturated rings. The van der Waals surface area contributed by atoms with Gasteiger partial charge in [-0.15, -0.1) is 0 Å². The van der Waals surface area contributed by atoms with Crippen molar-refractivity contribution in [2.45, 2.75) is 32.0 Å². The minimum absolute atomic E-state index is 0.117. The van der Waals surface area contributed by atoms with E-state index in [1.807, 2.05) is 36.4 Å². The van der Waals surface area contributed by atoms with Crippen molar-refractivity contribution in [2.75, 3.05) is 25.7 Å². The normalized spacial score (nSPS) is 16.6. The van der Waals surface area contributed by atoms with Gasteiger partial charge in [0.2, 0.25) is 5.91 Å². The molecular formula is C29H29N3O5. The van der Waals surface area contributed by atoms with Crippen LogP contribution in [0.25, 0.3) is 0 Å². The maximum Gasteiger partial charge on any atom is 0.256 e. The fraction of sp³-hybridized carbons (Fsp3) is 0.276. The number of anilines is 1. The van der Waals surface area contributed by atoms with E-state index in [9.17, 15) is 14.4 Å². The SMILES string of the molecule is COc1ccc(CNC(=O)c2ccccc2CN2C(=O)[C@@H]3CCCN3C(=O)c3ccccc32)c(OC)c1. The third-order valence-electron chi connectivity index (χ3n) is 7.01. The van der Waals surface area contributed by atoms with Crippen LogP contribution in [-0.4, -0.2) is 49.4 Å². The second-order valence-electron chi connectivity index (χ2n) is 9.12. The summed E-state index contributed by atoms with van der Waals surface area (Å²) in [5, 5.41) is 2.97. The Balaban J connectivity index is 1.41. The van der Waals surface area contributed by atoms with Crippen molar-refractivity contribution in [3.05, 3.63) is 89.0 Å². The molecule has 2 aliphatic rings. The number of methoxy groups -OCH3 is 2. The van der Waals surface area contributed by atoms with E-state index >= 15 is 0 Å². The fourth-order valence-corrected chi connectivity index (χ4v) is 5.09. The molecule has 3 aromatic rings. The lowest BCUT2D eigenvalue weighted by Crippen LogP contribution is -2.44. The maximum absolute atomic E-state index is 13.7. The summed E-state index contributed by atoms with van der Waals surface area (Å²) in [4.78, 5) is 43.5. The van der Waals surface area contributed by atoms with Crippen LogP contribution < -0.4 is 19.7 Å². The fourth-order valence-electron chi connectivity index (χ4n) is 5.09. The van der Waals surface area contributed by atoms with Crippen LogP contribution in [0.3, 0.4) is 0 Å². The van der Waals surface area contributed by atoms with Gasteiger partial charge in [0.05, 0.1) is 32.0 Å². The summed E-state index contributed by atoms with van der Waals surface area (Å²) < 4.78 is 10.7. The molecule has 0 aliphatic carbocycles. The first kappa shape index (κ1) is 24.4. The summed E-state index contributed by atoms with van der Waals surface area (Å²) in [5.41, 5.74) is 3.06. The summed E-state index contributed by atoms with van der Waals surface area (Å²) in [5.74, 6) is 0.787. The maximum atomic E-state index is 13.7. The number of carbonyl (C=O) groups excluding carboxylic acids is 3. The number of fused-ring (bicyclic) bond motifs is 2. The Morgan fingerprint density at radius 1 is 0.973 bits per heavy atom. The minimum atomic E-state index is -0.483. The van der Waals surface area contributed by atoms with Gasteiger partial charge >= 0.3 is 0 Å². The summed E-state index contributed by atoms with van der Waals surface area (Å²) in [6.07, 6.45) is 1.44. The Morgan fingerprint density at radius 2 is 1.76 bits per heavy atom. The van der Waals surface area contributed by atoms with Crippen molar-refractivity contribution in [3.8, 4) is 11.5 Å². The van der Waals surface area contributed by atoms with Crippen LogP contribution in [0.4, 0.5) is 5.69 Å². The topological polar surface area (TPSA) is 88.2 Å². The van der Waals surface area contributed by atoms with Gasteiger partial charge in [0.25, 0.3) is 11.8 Å². The third kappa shape index (κ3) is 4.62. The first-order valence-electron chi connectivity index (χ1n) is 12.3. The number of carbonyl (C=O) groups is 3. The quantitative estimate of drug-likeness (QED) is 0.535. The first-order valence-corrected chi connectivity index (χ1v) is 12.3. The molecule has 0 saturated carbocycles. The van der Waals surface area contributed by atoms with Gasteiger partial charge in [-0.2, -0.15) is 0 Å². The van der Waals surface area contributed by atoms with Crippen LogP contribution in [0.5, 0.6) is 11.5 Å². The van der Waals surface area contributed by atoms with E-state index in [0.29, 0.717) is 46.8 Å². The number of ether oxygens (including phenoxy) is 2. The van der Waals surface area contributed by atoms with Crippen molar-refractivity contribution in [3.63, 3.8) is 0 Å². The standard InChI is InChI=1S/C29H29N3O5/c1-36-21-14-13-19(26(16-21)37-2)17-30-27(33)22-9-4-3-8-20(22)18-32-24-11-6-5-10-23(24)28(34)31-15-7-12-25(31)29(32)35/h3-6,8-11,13-14,16,25H,7,12,15,17-18H2,1-2H3,(H,30,33)/t25-/m0/s1. The lowest BCUT2D eigenvalue weighted by Gasteiger charge is -2.26. The van der Waals surface area contributed by atoms with E-state index < -0.39 is 6.04 Å². The molecule has 8 nitrogen and oxygen atoms in total. The highest BCUT2D eigenvalue weighted by atomic mass is 16.5.